The number of carbonyl (C=O) groups is 1. The van der Waals surface area contributed by atoms with Crippen molar-refractivity contribution in [3.05, 3.63) is 46.4 Å². The second-order valence-corrected chi connectivity index (χ2v) is 7.47. The fraction of sp³-hybridized carbons (Fsp3) is 0.389. The summed E-state index contributed by atoms with van der Waals surface area (Å²) in [4.78, 5) is 28.0. The van der Waals surface area contributed by atoms with E-state index in [2.05, 4.69) is 20.1 Å². The molecule has 1 unspecified atom stereocenters. The van der Waals surface area contributed by atoms with E-state index < -0.39 is 0 Å². The summed E-state index contributed by atoms with van der Waals surface area (Å²) in [6, 6.07) is 1.96. The van der Waals surface area contributed by atoms with Gasteiger partial charge in [0.1, 0.15) is 5.69 Å². The van der Waals surface area contributed by atoms with Gasteiger partial charge in [-0.25, -0.2) is 4.98 Å². The second-order valence-electron chi connectivity index (χ2n) is 6.55. The van der Waals surface area contributed by atoms with Crippen molar-refractivity contribution in [1.29, 1.82) is 0 Å². The molecule has 0 bridgehead atoms. The standard InChI is InChI=1S/C18H19N5O2S/c1-12-7-15(26-11-12)18(24)23-6-2-3-13(10-23)8-16-21-17(22-25-16)14-9-19-4-5-20-14/h4-5,7,9,11,13H,2-3,6,8,10H2,1H3. The van der Waals surface area contributed by atoms with Gasteiger partial charge in [-0.3, -0.25) is 9.78 Å². The molecule has 3 aromatic rings. The fourth-order valence-electron chi connectivity index (χ4n) is 3.22. The van der Waals surface area contributed by atoms with E-state index in [0.717, 1.165) is 36.4 Å². The molecule has 7 nitrogen and oxygen atoms in total. The molecule has 1 saturated heterocycles. The fourth-order valence-corrected chi connectivity index (χ4v) is 4.08. The van der Waals surface area contributed by atoms with E-state index in [9.17, 15) is 4.79 Å². The molecule has 0 spiro atoms. The number of nitrogens with zero attached hydrogens (tertiary/aromatic N) is 5. The summed E-state index contributed by atoms with van der Waals surface area (Å²) >= 11 is 1.51. The Labute approximate surface area is 155 Å². The Hall–Kier alpha value is -2.61. The first-order valence-electron chi connectivity index (χ1n) is 8.62. The average Bonchev–Trinajstić information content (AvgIpc) is 3.31. The van der Waals surface area contributed by atoms with Gasteiger partial charge in [0.25, 0.3) is 5.91 Å². The van der Waals surface area contributed by atoms with Gasteiger partial charge in [0.05, 0.1) is 11.1 Å². The van der Waals surface area contributed by atoms with Crippen LogP contribution in [0.3, 0.4) is 0 Å². The maximum absolute atomic E-state index is 12.7. The largest absolute Gasteiger partial charge is 0.339 e. The predicted octanol–water partition coefficient (Wildman–Crippen LogP) is 2.99. The van der Waals surface area contributed by atoms with Gasteiger partial charge in [0.15, 0.2) is 0 Å². The highest BCUT2D eigenvalue weighted by atomic mass is 32.1. The van der Waals surface area contributed by atoms with Crippen LogP contribution in [0.4, 0.5) is 0 Å². The van der Waals surface area contributed by atoms with E-state index in [1.54, 1.807) is 18.6 Å². The Morgan fingerprint density at radius 3 is 3.12 bits per heavy atom. The van der Waals surface area contributed by atoms with Crippen molar-refractivity contribution >= 4 is 17.2 Å². The summed E-state index contributed by atoms with van der Waals surface area (Å²) < 4.78 is 5.38. The van der Waals surface area contributed by atoms with Crippen LogP contribution in [0.5, 0.6) is 0 Å². The van der Waals surface area contributed by atoms with Crippen LogP contribution in [0, 0.1) is 12.8 Å². The van der Waals surface area contributed by atoms with Crippen molar-refractivity contribution < 1.29 is 9.32 Å². The number of thiophene rings is 1. The van der Waals surface area contributed by atoms with Crippen LogP contribution in [0.15, 0.2) is 34.6 Å². The number of rotatable bonds is 4. The second kappa shape index (κ2) is 7.33. The molecule has 1 atom stereocenters. The third-order valence-corrected chi connectivity index (χ3v) is 5.51. The number of likely N-dealkylation sites (tertiary alicyclic amines) is 1. The third-order valence-electron chi connectivity index (χ3n) is 4.47. The monoisotopic (exact) mass is 369 g/mol. The summed E-state index contributed by atoms with van der Waals surface area (Å²) in [5.74, 6) is 1.48. The Kier molecular flexibility index (Phi) is 4.75. The number of piperidine rings is 1. The number of hydrogen-bond donors (Lipinski definition) is 0. The molecule has 0 N–H and O–H groups in total. The molecule has 1 fully saturated rings. The minimum Gasteiger partial charge on any atom is -0.339 e. The number of aryl methyl sites for hydroxylation is 1. The predicted molar refractivity (Wildman–Crippen MR) is 96.7 cm³/mol. The van der Waals surface area contributed by atoms with E-state index in [1.165, 1.54) is 11.3 Å². The number of aromatic nitrogens is 4. The van der Waals surface area contributed by atoms with E-state index in [1.807, 2.05) is 23.3 Å². The van der Waals surface area contributed by atoms with E-state index in [0.29, 0.717) is 29.7 Å². The summed E-state index contributed by atoms with van der Waals surface area (Å²) in [5.41, 5.74) is 1.73. The van der Waals surface area contributed by atoms with Crippen LogP contribution in [-0.4, -0.2) is 44.0 Å². The lowest BCUT2D eigenvalue weighted by atomic mass is 9.94. The van der Waals surface area contributed by atoms with E-state index in [-0.39, 0.29) is 5.91 Å². The van der Waals surface area contributed by atoms with E-state index >= 15 is 0 Å². The normalized spacial score (nSPS) is 17.4. The Morgan fingerprint density at radius 1 is 1.42 bits per heavy atom. The van der Waals surface area contributed by atoms with Crippen LogP contribution in [0.25, 0.3) is 11.5 Å². The zero-order chi connectivity index (χ0) is 17.9. The SMILES string of the molecule is Cc1csc(C(=O)N2CCCC(Cc3nc(-c4cnccn4)no3)C2)c1. The lowest BCUT2D eigenvalue weighted by Gasteiger charge is -2.31. The molecule has 1 aliphatic rings. The molecule has 8 heteroatoms. The molecule has 26 heavy (non-hydrogen) atoms. The van der Waals surface area contributed by atoms with Gasteiger partial charge in [-0.2, -0.15) is 4.98 Å². The van der Waals surface area contributed by atoms with Gasteiger partial charge in [0, 0.05) is 31.9 Å². The van der Waals surface area contributed by atoms with Crippen molar-refractivity contribution in [3.63, 3.8) is 0 Å². The van der Waals surface area contributed by atoms with Gasteiger partial charge >= 0.3 is 0 Å². The first-order chi connectivity index (χ1) is 12.7. The van der Waals surface area contributed by atoms with E-state index in [4.69, 9.17) is 4.52 Å². The van der Waals surface area contributed by atoms with Gasteiger partial charge in [-0.1, -0.05) is 5.16 Å². The zero-order valence-corrected chi connectivity index (χ0v) is 15.3. The first kappa shape index (κ1) is 16.8. The van der Waals surface area contributed by atoms with Crippen molar-refractivity contribution in [3.8, 4) is 11.5 Å². The van der Waals surface area contributed by atoms with Crippen LogP contribution in [-0.2, 0) is 6.42 Å². The van der Waals surface area contributed by atoms with Crippen molar-refractivity contribution in [2.75, 3.05) is 13.1 Å². The highest BCUT2D eigenvalue weighted by Gasteiger charge is 2.27. The first-order valence-corrected chi connectivity index (χ1v) is 9.50. The quantitative estimate of drug-likeness (QED) is 0.703. The maximum atomic E-state index is 12.7. The topological polar surface area (TPSA) is 85.0 Å². The number of carbonyl (C=O) groups excluding carboxylic acids is 1. The highest BCUT2D eigenvalue weighted by molar-refractivity contribution is 7.12. The molecule has 3 aromatic heterocycles. The minimum atomic E-state index is 0.124. The molecule has 1 amide bonds. The van der Waals surface area contributed by atoms with Crippen molar-refractivity contribution in [2.45, 2.75) is 26.2 Å². The van der Waals surface area contributed by atoms with Crippen LogP contribution < -0.4 is 0 Å². The maximum Gasteiger partial charge on any atom is 0.263 e. The average molecular weight is 369 g/mol. The van der Waals surface area contributed by atoms with Crippen LogP contribution in [0.1, 0.15) is 34.0 Å². The Bertz CT molecular complexity index is 892. The smallest absolute Gasteiger partial charge is 0.263 e. The Balaban J connectivity index is 1.41. The van der Waals surface area contributed by atoms with Gasteiger partial charge < -0.3 is 9.42 Å². The molecule has 0 aromatic carbocycles. The number of amides is 1. The molecule has 4 rings (SSSR count). The Morgan fingerprint density at radius 2 is 2.35 bits per heavy atom. The molecule has 134 valence electrons. The van der Waals surface area contributed by atoms with Gasteiger partial charge in [-0.05, 0) is 42.7 Å². The summed E-state index contributed by atoms with van der Waals surface area (Å²) in [7, 11) is 0. The van der Waals surface area contributed by atoms with Crippen molar-refractivity contribution in [1.82, 2.24) is 25.0 Å². The highest BCUT2D eigenvalue weighted by Crippen LogP contribution is 2.24. The third kappa shape index (κ3) is 3.65. The summed E-state index contributed by atoms with van der Waals surface area (Å²) in [5, 5.41) is 6.00. The molecule has 4 heterocycles. The van der Waals surface area contributed by atoms with Crippen LogP contribution >= 0.6 is 11.3 Å². The molecular formula is C18H19N5O2S. The summed E-state index contributed by atoms with van der Waals surface area (Å²) in [6.45, 7) is 3.54. The molecule has 0 aliphatic carbocycles. The van der Waals surface area contributed by atoms with Gasteiger partial charge in [-0.15, -0.1) is 11.3 Å². The zero-order valence-electron chi connectivity index (χ0n) is 14.5. The lowest BCUT2D eigenvalue weighted by Crippen LogP contribution is -2.40. The van der Waals surface area contributed by atoms with Crippen molar-refractivity contribution in [2.24, 2.45) is 5.92 Å². The van der Waals surface area contributed by atoms with Gasteiger partial charge in [0.2, 0.25) is 11.7 Å². The number of hydrogen-bond acceptors (Lipinski definition) is 7. The lowest BCUT2D eigenvalue weighted by molar-refractivity contribution is 0.0673. The molecule has 0 radical (unpaired) electrons. The molecule has 0 saturated carbocycles. The summed E-state index contributed by atoms with van der Waals surface area (Å²) in [6.07, 6.45) is 7.52. The molecule has 1 aliphatic heterocycles. The minimum absolute atomic E-state index is 0.124. The molecular weight excluding hydrogens is 350 g/mol. The van der Waals surface area contributed by atoms with Crippen LogP contribution in [0.2, 0.25) is 0 Å².